The van der Waals surface area contributed by atoms with Crippen LogP contribution in [0.5, 0.6) is 0 Å². The Balaban J connectivity index is 1.71. The molecule has 1 aliphatic rings. The molecule has 0 aliphatic carbocycles. The fourth-order valence-corrected chi connectivity index (χ4v) is 4.65. The van der Waals surface area contributed by atoms with Gasteiger partial charge in [0.25, 0.3) is 0 Å². The third-order valence-corrected chi connectivity index (χ3v) is 6.36. The fourth-order valence-electron chi connectivity index (χ4n) is 4.65. The van der Waals surface area contributed by atoms with Crippen LogP contribution in [0.2, 0.25) is 0 Å². The molecule has 1 aromatic carbocycles. The molecular weight excluding hydrogens is 382 g/mol. The summed E-state index contributed by atoms with van der Waals surface area (Å²) in [6, 6.07) is 9.34. The molecule has 1 saturated heterocycles. The number of hydrogen-bond acceptors (Lipinski definition) is 4. The standard InChI is InChI=1S/C26H37N5/c1-8-21-10-12-24-22(14-21)15-25(29-24)19(6)28-20(7)31(17(3)4)16-23-11-13-26(18(5)27)30(23)9-2/h8-10,12,14-15,17,20,23,26,28-29H,1-2,5-6,11,13,16,27H2,3-4,7H3. The average Bonchev–Trinajstić information content (AvgIpc) is 3.34. The van der Waals surface area contributed by atoms with Gasteiger partial charge < -0.3 is 20.9 Å². The highest BCUT2D eigenvalue weighted by atomic mass is 15.3. The molecular formula is C26H37N5. The van der Waals surface area contributed by atoms with Crippen LogP contribution in [0.3, 0.4) is 0 Å². The van der Waals surface area contributed by atoms with Crippen LogP contribution < -0.4 is 11.1 Å². The predicted molar refractivity (Wildman–Crippen MR) is 134 cm³/mol. The topological polar surface area (TPSA) is 60.3 Å². The number of nitrogens with one attached hydrogen (secondary N) is 2. The number of hydrogen-bond donors (Lipinski definition) is 3. The quantitative estimate of drug-likeness (QED) is 0.481. The molecule has 1 aromatic heterocycles. The van der Waals surface area contributed by atoms with Gasteiger partial charge in [0, 0.05) is 35.2 Å². The highest BCUT2D eigenvalue weighted by molar-refractivity contribution is 5.86. The van der Waals surface area contributed by atoms with Crippen LogP contribution in [-0.2, 0) is 0 Å². The Kier molecular flexibility index (Phi) is 6.96. The van der Waals surface area contributed by atoms with Crippen LogP contribution in [0.1, 0.15) is 44.9 Å². The van der Waals surface area contributed by atoms with E-state index in [-0.39, 0.29) is 12.2 Å². The van der Waals surface area contributed by atoms with Crippen molar-refractivity contribution < 1.29 is 0 Å². The van der Waals surface area contributed by atoms with Gasteiger partial charge in [-0.2, -0.15) is 0 Å². The number of nitrogens with two attached hydrogens (primary N) is 1. The summed E-state index contributed by atoms with van der Waals surface area (Å²) in [5, 5.41) is 4.76. The van der Waals surface area contributed by atoms with Gasteiger partial charge in [-0.3, -0.25) is 4.90 Å². The molecule has 0 amide bonds. The minimum absolute atomic E-state index is 0.120. The van der Waals surface area contributed by atoms with Gasteiger partial charge in [0.15, 0.2) is 0 Å². The zero-order chi connectivity index (χ0) is 22.7. The Morgan fingerprint density at radius 1 is 1.26 bits per heavy atom. The van der Waals surface area contributed by atoms with Crippen molar-refractivity contribution in [3.63, 3.8) is 0 Å². The second kappa shape index (κ2) is 9.48. The molecule has 5 heteroatoms. The van der Waals surface area contributed by atoms with Crippen molar-refractivity contribution in [3.8, 4) is 0 Å². The molecule has 0 bridgehead atoms. The molecule has 0 radical (unpaired) electrons. The molecule has 0 saturated carbocycles. The van der Waals surface area contributed by atoms with Crippen LogP contribution in [0.25, 0.3) is 22.7 Å². The minimum atomic E-state index is 0.120. The summed E-state index contributed by atoms with van der Waals surface area (Å²) in [5.74, 6) is 0. The smallest absolute Gasteiger partial charge is 0.0767 e. The van der Waals surface area contributed by atoms with Gasteiger partial charge in [0.1, 0.15) is 0 Å². The van der Waals surface area contributed by atoms with Crippen molar-refractivity contribution in [3.05, 3.63) is 73.7 Å². The van der Waals surface area contributed by atoms with Crippen LogP contribution in [0, 0.1) is 0 Å². The monoisotopic (exact) mass is 419 g/mol. The van der Waals surface area contributed by atoms with Gasteiger partial charge in [-0.1, -0.05) is 38.5 Å². The maximum Gasteiger partial charge on any atom is 0.0767 e. The maximum absolute atomic E-state index is 6.03. The normalized spacial score (nSPS) is 19.7. The van der Waals surface area contributed by atoms with Crippen molar-refractivity contribution >= 4 is 22.7 Å². The summed E-state index contributed by atoms with van der Waals surface area (Å²) in [4.78, 5) is 8.20. The summed E-state index contributed by atoms with van der Waals surface area (Å²) in [6.45, 7) is 23.7. The van der Waals surface area contributed by atoms with Crippen molar-refractivity contribution in [2.24, 2.45) is 5.73 Å². The Labute approximate surface area is 187 Å². The van der Waals surface area contributed by atoms with Crippen molar-refractivity contribution in [1.29, 1.82) is 0 Å². The first-order valence-electron chi connectivity index (χ1n) is 11.1. The van der Waals surface area contributed by atoms with E-state index in [9.17, 15) is 0 Å². The molecule has 31 heavy (non-hydrogen) atoms. The SMILES string of the molecule is C=Cc1ccc2[nH]c(C(=C)NC(C)N(CC3CCC(C(=C)N)N3C=C)C(C)C)cc2c1. The molecule has 2 aromatic rings. The molecule has 4 N–H and O–H groups in total. The highest BCUT2D eigenvalue weighted by Crippen LogP contribution is 2.28. The number of likely N-dealkylation sites (tertiary alicyclic amines) is 1. The zero-order valence-corrected chi connectivity index (χ0v) is 19.2. The van der Waals surface area contributed by atoms with Crippen molar-refractivity contribution in [1.82, 2.24) is 20.1 Å². The molecule has 3 atom stereocenters. The summed E-state index contributed by atoms with van der Waals surface area (Å²) in [5.41, 5.74) is 10.8. The van der Waals surface area contributed by atoms with Crippen LogP contribution in [-0.4, -0.2) is 45.6 Å². The Bertz CT molecular complexity index is 969. The van der Waals surface area contributed by atoms with E-state index in [0.717, 1.165) is 52.9 Å². The van der Waals surface area contributed by atoms with E-state index in [0.29, 0.717) is 12.1 Å². The van der Waals surface area contributed by atoms with Crippen LogP contribution in [0.15, 0.2) is 62.5 Å². The van der Waals surface area contributed by atoms with E-state index in [1.54, 1.807) is 0 Å². The van der Waals surface area contributed by atoms with Crippen molar-refractivity contribution in [2.45, 2.75) is 57.9 Å². The molecule has 3 unspecified atom stereocenters. The van der Waals surface area contributed by atoms with Gasteiger partial charge in [-0.05, 0) is 63.6 Å². The van der Waals surface area contributed by atoms with Crippen LogP contribution >= 0.6 is 0 Å². The van der Waals surface area contributed by atoms with E-state index in [1.807, 2.05) is 12.3 Å². The lowest BCUT2D eigenvalue weighted by Gasteiger charge is -2.38. The zero-order valence-electron chi connectivity index (χ0n) is 19.2. The number of fused-ring (bicyclic) bond motifs is 1. The summed E-state index contributed by atoms with van der Waals surface area (Å²) in [7, 11) is 0. The third kappa shape index (κ3) is 4.88. The molecule has 1 fully saturated rings. The third-order valence-electron chi connectivity index (χ3n) is 6.36. The molecule has 166 valence electrons. The number of nitrogens with zero attached hydrogens (tertiary/aromatic N) is 2. The van der Waals surface area contributed by atoms with Gasteiger partial charge in [0.05, 0.1) is 23.6 Å². The number of aromatic nitrogens is 1. The van der Waals surface area contributed by atoms with Gasteiger partial charge in [-0.25, -0.2) is 0 Å². The summed E-state index contributed by atoms with van der Waals surface area (Å²) < 4.78 is 0. The first kappa shape index (κ1) is 22.8. The molecule has 1 aliphatic heterocycles. The Hall–Kier alpha value is -2.92. The second-order valence-corrected chi connectivity index (χ2v) is 8.77. The number of rotatable bonds is 10. The molecule has 0 spiro atoms. The first-order chi connectivity index (χ1) is 14.7. The van der Waals surface area contributed by atoms with Gasteiger partial charge in [-0.15, -0.1) is 0 Å². The summed E-state index contributed by atoms with van der Waals surface area (Å²) in [6.07, 6.45) is 6.00. The second-order valence-electron chi connectivity index (χ2n) is 8.77. The lowest BCUT2D eigenvalue weighted by molar-refractivity contribution is 0.113. The molecule has 3 rings (SSSR count). The van der Waals surface area contributed by atoms with Gasteiger partial charge >= 0.3 is 0 Å². The van der Waals surface area contributed by atoms with E-state index in [2.05, 4.69) is 91.5 Å². The number of H-pyrrole nitrogens is 1. The summed E-state index contributed by atoms with van der Waals surface area (Å²) >= 11 is 0. The largest absolute Gasteiger partial charge is 0.401 e. The average molecular weight is 420 g/mol. The van der Waals surface area contributed by atoms with Gasteiger partial charge in [0.2, 0.25) is 0 Å². The highest BCUT2D eigenvalue weighted by Gasteiger charge is 2.34. The number of benzene rings is 1. The molecule has 5 nitrogen and oxygen atoms in total. The lowest BCUT2D eigenvalue weighted by Crippen LogP contribution is -2.51. The lowest BCUT2D eigenvalue weighted by atomic mass is 10.1. The number of aromatic amines is 1. The van der Waals surface area contributed by atoms with Crippen molar-refractivity contribution in [2.75, 3.05) is 6.54 Å². The fraction of sp³-hybridized carbons (Fsp3) is 0.385. The Morgan fingerprint density at radius 2 is 2.00 bits per heavy atom. The minimum Gasteiger partial charge on any atom is -0.401 e. The predicted octanol–water partition coefficient (Wildman–Crippen LogP) is 4.88. The maximum atomic E-state index is 6.03. The molecule has 2 heterocycles. The van der Waals surface area contributed by atoms with E-state index >= 15 is 0 Å². The Morgan fingerprint density at radius 3 is 2.61 bits per heavy atom. The van der Waals surface area contributed by atoms with Crippen LogP contribution in [0.4, 0.5) is 0 Å². The van der Waals surface area contributed by atoms with E-state index in [1.165, 1.54) is 0 Å². The first-order valence-corrected chi connectivity index (χ1v) is 11.1. The van der Waals surface area contributed by atoms with E-state index < -0.39 is 0 Å². The van der Waals surface area contributed by atoms with E-state index in [4.69, 9.17) is 5.73 Å².